The maximum Gasteiger partial charge on any atom is 0.309 e. The first kappa shape index (κ1) is 16.2. The van der Waals surface area contributed by atoms with Crippen LogP contribution in [-0.4, -0.2) is 48.8 Å². The van der Waals surface area contributed by atoms with Crippen LogP contribution >= 0.6 is 22.9 Å². The fraction of sp³-hybridized carbons (Fsp3) is 0.455. The fourth-order valence-electron chi connectivity index (χ4n) is 1.88. The third-order valence-electron chi connectivity index (χ3n) is 2.97. The number of esters is 1. The van der Waals surface area contributed by atoms with E-state index in [0.29, 0.717) is 4.96 Å². The average Bonchev–Trinajstić information content (AvgIpc) is 2.96. The minimum atomic E-state index is -3.86. The Bertz CT molecular complexity index is 768. The summed E-state index contributed by atoms with van der Waals surface area (Å²) in [4.78, 5) is 15.9. The Hall–Kier alpha value is -1.16. The van der Waals surface area contributed by atoms with E-state index in [2.05, 4.69) is 9.72 Å². The molecule has 0 aromatic carbocycles. The molecule has 0 fully saturated rings. The molecule has 1 atom stereocenters. The SMILES string of the molecule is COC(=O)C(C)CN(C)S(=O)(=O)c1c(Cl)nc2sccn12. The fourth-order valence-corrected chi connectivity index (χ4v) is 4.53. The van der Waals surface area contributed by atoms with Gasteiger partial charge in [-0.3, -0.25) is 9.20 Å². The number of nitrogens with zero attached hydrogens (tertiary/aromatic N) is 3. The van der Waals surface area contributed by atoms with Crippen LogP contribution in [-0.2, 0) is 19.6 Å². The molecule has 2 aromatic rings. The Morgan fingerprint density at radius 3 is 2.90 bits per heavy atom. The lowest BCUT2D eigenvalue weighted by Gasteiger charge is -2.19. The van der Waals surface area contributed by atoms with Crippen LogP contribution in [0.25, 0.3) is 4.96 Å². The molecule has 0 saturated heterocycles. The molecule has 0 aliphatic carbocycles. The molecular weight excluding hydrogens is 338 g/mol. The lowest BCUT2D eigenvalue weighted by Crippen LogP contribution is -2.34. The molecule has 0 amide bonds. The van der Waals surface area contributed by atoms with Crippen molar-refractivity contribution in [3.63, 3.8) is 0 Å². The Morgan fingerprint density at radius 1 is 1.62 bits per heavy atom. The molecule has 0 spiro atoms. The second kappa shape index (κ2) is 5.91. The van der Waals surface area contributed by atoms with Crippen molar-refractivity contribution < 1.29 is 17.9 Å². The van der Waals surface area contributed by atoms with Crippen LogP contribution in [0.2, 0.25) is 5.15 Å². The zero-order valence-corrected chi connectivity index (χ0v) is 14.0. The maximum atomic E-state index is 12.6. The average molecular weight is 352 g/mol. The van der Waals surface area contributed by atoms with Gasteiger partial charge in [-0.05, 0) is 0 Å². The Balaban J connectivity index is 2.35. The number of rotatable bonds is 5. The number of methoxy groups -OCH3 is 1. The molecule has 0 saturated carbocycles. The standard InChI is InChI=1S/C11H14ClN3O4S2/c1-7(10(16)19-3)6-14(2)21(17,18)9-8(12)13-11-15(9)4-5-20-11/h4-5,7H,6H2,1-3H3. The van der Waals surface area contributed by atoms with Crippen LogP contribution in [0.3, 0.4) is 0 Å². The van der Waals surface area contributed by atoms with E-state index in [-0.39, 0.29) is 16.7 Å². The van der Waals surface area contributed by atoms with Gasteiger partial charge < -0.3 is 4.74 Å². The smallest absolute Gasteiger partial charge is 0.309 e. The number of carbonyl (C=O) groups excluding carboxylic acids is 1. The summed E-state index contributed by atoms with van der Waals surface area (Å²) in [6.45, 7) is 1.58. The number of aromatic nitrogens is 2. The minimum absolute atomic E-state index is 0.0112. The predicted molar refractivity (Wildman–Crippen MR) is 79.1 cm³/mol. The summed E-state index contributed by atoms with van der Waals surface area (Å²) >= 11 is 7.22. The van der Waals surface area contributed by atoms with E-state index in [1.807, 2.05) is 0 Å². The number of thiazole rings is 1. The Kier molecular flexibility index (Phi) is 4.57. The van der Waals surface area contributed by atoms with Crippen LogP contribution in [0.4, 0.5) is 0 Å². The van der Waals surface area contributed by atoms with Crippen molar-refractivity contribution in [1.82, 2.24) is 13.7 Å². The van der Waals surface area contributed by atoms with Crippen LogP contribution in [0, 0.1) is 5.92 Å². The van der Waals surface area contributed by atoms with E-state index in [1.165, 1.54) is 29.9 Å². The van der Waals surface area contributed by atoms with Crippen LogP contribution in [0.15, 0.2) is 16.6 Å². The molecule has 0 bridgehead atoms. The van der Waals surface area contributed by atoms with E-state index in [1.54, 1.807) is 18.5 Å². The number of fused-ring (bicyclic) bond motifs is 1. The first-order valence-electron chi connectivity index (χ1n) is 5.94. The summed E-state index contributed by atoms with van der Waals surface area (Å²) in [6, 6.07) is 0. The molecule has 1 unspecified atom stereocenters. The zero-order chi connectivity index (χ0) is 15.8. The summed E-state index contributed by atoms with van der Waals surface area (Å²) in [5, 5.41) is 1.54. The number of sulfonamides is 1. The van der Waals surface area contributed by atoms with E-state index < -0.39 is 21.9 Å². The van der Waals surface area contributed by atoms with Gasteiger partial charge in [0.2, 0.25) is 0 Å². The highest BCUT2D eigenvalue weighted by Gasteiger charge is 2.31. The van der Waals surface area contributed by atoms with Crippen molar-refractivity contribution >= 4 is 43.9 Å². The van der Waals surface area contributed by atoms with Crippen molar-refractivity contribution in [2.45, 2.75) is 11.9 Å². The highest BCUT2D eigenvalue weighted by molar-refractivity contribution is 7.89. The Labute approximate surface area is 131 Å². The van der Waals surface area contributed by atoms with Gasteiger partial charge in [0.15, 0.2) is 15.1 Å². The molecule has 0 N–H and O–H groups in total. The summed E-state index contributed by atoms with van der Waals surface area (Å²) in [5.74, 6) is -1.06. The highest BCUT2D eigenvalue weighted by Crippen LogP contribution is 2.27. The van der Waals surface area contributed by atoms with Gasteiger partial charge in [-0.2, -0.15) is 4.31 Å². The van der Waals surface area contributed by atoms with Crippen molar-refractivity contribution in [3.05, 3.63) is 16.7 Å². The second-order valence-corrected chi connectivity index (χ2v) is 7.66. The first-order chi connectivity index (χ1) is 9.78. The van der Waals surface area contributed by atoms with Crippen molar-refractivity contribution in [2.24, 2.45) is 5.92 Å². The molecule has 0 aliphatic heterocycles. The molecule has 2 heterocycles. The van der Waals surface area contributed by atoms with Gasteiger partial charge in [0, 0.05) is 25.2 Å². The van der Waals surface area contributed by atoms with E-state index in [9.17, 15) is 13.2 Å². The van der Waals surface area contributed by atoms with Crippen molar-refractivity contribution in [2.75, 3.05) is 20.7 Å². The Morgan fingerprint density at radius 2 is 2.29 bits per heavy atom. The molecule has 0 aliphatic rings. The number of hydrogen-bond acceptors (Lipinski definition) is 6. The number of imidazole rings is 1. The number of ether oxygens (including phenoxy) is 1. The number of hydrogen-bond donors (Lipinski definition) is 0. The predicted octanol–water partition coefficient (Wildman–Crippen LogP) is 1.48. The van der Waals surface area contributed by atoms with Gasteiger partial charge in [0.05, 0.1) is 13.0 Å². The highest BCUT2D eigenvalue weighted by atomic mass is 35.5. The van der Waals surface area contributed by atoms with Gasteiger partial charge in [0.1, 0.15) is 0 Å². The van der Waals surface area contributed by atoms with Crippen LogP contribution in [0.5, 0.6) is 0 Å². The molecule has 10 heteroatoms. The summed E-state index contributed by atoms with van der Waals surface area (Å²) in [7, 11) is -1.21. The van der Waals surface area contributed by atoms with E-state index in [0.717, 1.165) is 4.31 Å². The van der Waals surface area contributed by atoms with E-state index in [4.69, 9.17) is 11.6 Å². The van der Waals surface area contributed by atoms with Gasteiger partial charge in [-0.1, -0.05) is 18.5 Å². The van der Waals surface area contributed by atoms with Gasteiger partial charge in [0.25, 0.3) is 10.0 Å². The first-order valence-corrected chi connectivity index (χ1v) is 8.64. The molecular formula is C11H14ClN3O4S2. The lowest BCUT2D eigenvalue weighted by atomic mass is 10.2. The zero-order valence-electron chi connectivity index (χ0n) is 11.6. The normalized spacial score (nSPS) is 13.8. The van der Waals surface area contributed by atoms with Gasteiger partial charge in [-0.15, -0.1) is 11.3 Å². The summed E-state index contributed by atoms with van der Waals surface area (Å²) in [5.41, 5.74) is 0. The third kappa shape index (κ3) is 2.91. The van der Waals surface area contributed by atoms with Crippen molar-refractivity contribution in [1.29, 1.82) is 0 Å². The molecule has 7 nitrogen and oxygen atoms in total. The maximum absolute atomic E-state index is 12.6. The monoisotopic (exact) mass is 351 g/mol. The van der Waals surface area contributed by atoms with Crippen LogP contribution < -0.4 is 0 Å². The van der Waals surface area contributed by atoms with Gasteiger partial charge >= 0.3 is 5.97 Å². The largest absolute Gasteiger partial charge is 0.469 e. The van der Waals surface area contributed by atoms with Gasteiger partial charge in [-0.25, -0.2) is 13.4 Å². The van der Waals surface area contributed by atoms with E-state index >= 15 is 0 Å². The minimum Gasteiger partial charge on any atom is -0.469 e. The third-order valence-corrected chi connectivity index (χ3v) is 5.95. The molecule has 2 rings (SSSR count). The number of halogens is 1. The topological polar surface area (TPSA) is 81.0 Å². The van der Waals surface area contributed by atoms with Crippen molar-refractivity contribution in [3.8, 4) is 0 Å². The molecule has 21 heavy (non-hydrogen) atoms. The van der Waals surface area contributed by atoms with Crippen LogP contribution in [0.1, 0.15) is 6.92 Å². The molecule has 2 aromatic heterocycles. The quantitative estimate of drug-likeness (QED) is 0.762. The second-order valence-electron chi connectivity index (χ2n) is 4.47. The number of carbonyl (C=O) groups is 1. The summed E-state index contributed by atoms with van der Waals surface area (Å²) < 4.78 is 32.3. The molecule has 0 radical (unpaired) electrons. The summed E-state index contributed by atoms with van der Waals surface area (Å²) in [6.07, 6.45) is 1.59. The lowest BCUT2D eigenvalue weighted by molar-refractivity contribution is -0.144. The molecule has 116 valence electrons.